The van der Waals surface area contributed by atoms with E-state index in [1.54, 1.807) is 13.2 Å². The molecule has 0 aliphatic carbocycles. The van der Waals surface area contributed by atoms with E-state index < -0.39 is 0 Å². The van der Waals surface area contributed by atoms with E-state index in [1.807, 2.05) is 20.1 Å². The Labute approximate surface area is 185 Å². The smallest absolute Gasteiger partial charge is 0.244 e. The summed E-state index contributed by atoms with van der Waals surface area (Å²) in [5, 5.41) is 4.00. The maximum absolute atomic E-state index is 12.4. The number of carbonyl (C=O) groups is 1. The Bertz CT molecular complexity index is 1140. The maximum Gasteiger partial charge on any atom is 0.244 e. The van der Waals surface area contributed by atoms with Crippen molar-refractivity contribution in [2.24, 2.45) is 5.92 Å². The van der Waals surface area contributed by atoms with E-state index in [2.05, 4.69) is 57.3 Å². The number of nitrogens with one attached hydrogen (secondary N) is 1. The zero-order chi connectivity index (χ0) is 22.7. The van der Waals surface area contributed by atoms with Gasteiger partial charge in [0, 0.05) is 34.7 Å². The van der Waals surface area contributed by atoms with Crippen LogP contribution < -0.4 is 10.1 Å². The highest BCUT2D eigenvalue weighted by atomic mass is 16.5. The Morgan fingerprint density at radius 1 is 1.16 bits per heavy atom. The highest BCUT2D eigenvalue weighted by Crippen LogP contribution is 2.41. The van der Waals surface area contributed by atoms with Crippen molar-refractivity contribution in [3.63, 3.8) is 0 Å². The van der Waals surface area contributed by atoms with Crippen molar-refractivity contribution < 1.29 is 13.9 Å². The van der Waals surface area contributed by atoms with Gasteiger partial charge in [0.15, 0.2) is 0 Å². The van der Waals surface area contributed by atoms with Gasteiger partial charge in [-0.25, -0.2) is 0 Å². The fraction of sp³-hybridized carbons (Fsp3) is 0.370. The first-order valence-electron chi connectivity index (χ1n) is 10.9. The molecule has 1 N–H and O–H groups in total. The van der Waals surface area contributed by atoms with Gasteiger partial charge in [-0.3, -0.25) is 4.79 Å². The van der Waals surface area contributed by atoms with Crippen LogP contribution in [0.2, 0.25) is 0 Å². The van der Waals surface area contributed by atoms with Crippen molar-refractivity contribution in [3.8, 4) is 16.9 Å². The second-order valence-electron chi connectivity index (χ2n) is 8.73. The fourth-order valence-corrected chi connectivity index (χ4v) is 4.01. The Morgan fingerprint density at radius 3 is 2.55 bits per heavy atom. The van der Waals surface area contributed by atoms with Crippen molar-refractivity contribution >= 4 is 22.4 Å². The molecule has 0 unspecified atom stereocenters. The summed E-state index contributed by atoms with van der Waals surface area (Å²) in [5.41, 5.74) is 8.13. The van der Waals surface area contributed by atoms with Crippen LogP contribution in [0.15, 0.2) is 41.0 Å². The molecule has 0 saturated heterocycles. The van der Waals surface area contributed by atoms with Crippen molar-refractivity contribution in [3.05, 3.63) is 58.9 Å². The number of aryl methyl sites for hydroxylation is 3. The van der Waals surface area contributed by atoms with Crippen molar-refractivity contribution in [2.45, 2.75) is 48.0 Å². The summed E-state index contributed by atoms with van der Waals surface area (Å²) < 4.78 is 11.7. The highest BCUT2D eigenvalue weighted by Gasteiger charge is 2.19. The van der Waals surface area contributed by atoms with Gasteiger partial charge in [0.1, 0.15) is 11.3 Å². The molecule has 3 rings (SSSR count). The molecule has 164 valence electrons. The van der Waals surface area contributed by atoms with E-state index in [-0.39, 0.29) is 5.91 Å². The molecule has 0 atom stereocenters. The number of rotatable bonds is 7. The molecule has 3 aromatic rings. The van der Waals surface area contributed by atoms with Gasteiger partial charge < -0.3 is 14.5 Å². The number of benzene rings is 2. The number of allylic oxidation sites excluding steroid dienone is 1. The number of carbonyl (C=O) groups excluding carboxylic acids is 1. The van der Waals surface area contributed by atoms with Crippen LogP contribution in [0.25, 0.3) is 27.7 Å². The molecule has 0 aliphatic rings. The van der Waals surface area contributed by atoms with Crippen LogP contribution in [0.1, 0.15) is 49.4 Å². The summed E-state index contributed by atoms with van der Waals surface area (Å²) in [5.74, 6) is 1.21. The van der Waals surface area contributed by atoms with Crippen LogP contribution >= 0.6 is 0 Å². The monoisotopic (exact) mass is 419 g/mol. The Morgan fingerprint density at radius 2 is 1.90 bits per heavy atom. The number of ether oxygens (including phenoxy) is 1. The van der Waals surface area contributed by atoms with E-state index in [9.17, 15) is 4.79 Å². The second-order valence-corrected chi connectivity index (χ2v) is 8.73. The molecule has 0 bridgehead atoms. The summed E-state index contributed by atoms with van der Waals surface area (Å²) in [6, 6.07) is 8.51. The van der Waals surface area contributed by atoms with Gasteiger partial charge in [-0.1, -0.05) is 37.6 Å². The van der Waals surface area contributed by atoms with E-state index >= 15 is 0 Å². The first-order chi connectivity index (χ1) is 14.7. The van der Waals surface area contributed by atoms with Crippen molar-refractivity contribution in [1.82, 2.24) is 5.32 Å². The van der Waals surface area contributed by atoms with E-state index in [4.69, 9.17) is 9.15 Å². The minimum absolute atomic E-state index is 0.0836. The predicted molar refractivity (Wildman–Crippen MR) is 129 cm³/mol. The molecule has 1 heterocycles. The normalized spacial score (nSPS) is 11.9. The Kier molecular flexibility index (Phi) is 6.89. The lowest BCUT2D eigenvalue weighted by Gasteiger charge is -2.14. The lowest BCUT2D eigenvalue weighted by atomic mass is 9.94. The van der Waals surface area contributed by atoms with E-state index in [1.165, 1.54) is 11.1 Å². The van der Waals surface area contributed by atoms with Crippen LogP contribution in [0.4, 0.5) is 0 Å². The van der Waals surface area contributed by atoms with Gasteiger partial charge in [0.2, 0.25) is 5.91 Å². The van der Waals surface area contributed by atoms with Gasteiger partial charge in [-0.15, -0.1) is 0 Å². The van der Waals surface area contributed by atoms with Crippen LogP contribution in [0, 0.1) is 26.7 Å². The van der Waals surface area contributed by atoms with Crippen LogP contribution in [0.3, 0.4) is 0 Å². The second kappa shape index (κ2) is 9.42. The number of furan rings is 1. The number of amides is 1. The average molecular weight is 420 g/mol. The molecular weight excluding hydrogens is 386 g/mol. The molecule has 1 amide bonds. The third-order valence-electron chi connectivity index (χ3n) is 5.71. The number of hydrogen-bond acceptors (Lipinski definition) is 3. The molecule has 4 nitrogen and oxygen atoms in total. The summed E-state index contributed by atoms with van der Waals surface area (Å²) in [7, 11) is 1.65. The van der Waals surface area contributed by atoms with Gasteiger partial charge in [-0.2, -0.15) is 0 Å². The van der Waals surface area contributed by atoms with E-state index in [0.717, 1.165) is 51.0 Å². The standard InChI is InChI=1S/C27H33NO3/c1-16(2)10-11-28-25(29)13-19(5)22-14-23-24(21-9-8-17(3)12-18(21)4)15-31-27(23)20(6)26(22)30-7/h8-9,12-16H,10-11H2,1-7H3,(H,28,29)/b19-13+. The first kappa shape index (κ1) is 22.7. The van der Waals surface area contributed by atoms with E-state index in [0.29, 0.717) is 12.5 Å². The number of hydrogen-bond donors (Lipinski definition) is 1. The zero-order valence-corrected chi connectivity index (χ0v) is 19.7. The minimum Gasteiger partial charge on any atom is -0.496 e. The van der Waals surface area contributed by atoms with Crippen molar-refractivity contribution in [1.29, 1.82) is 0 Å². The topological polar surface area (TPSA) is 51.5 Å². The SMILES string of the molecule is COc1c(/C(C)=C/C(=O)NCCC(C)C)cc2c(-c3ccc(C)cc3C)coc2c1C. The molecule has 4 heteroatoms. The molecule has 0 spiro atoms. The molecular formula is C27H33NO3. The Hall–Kier alpha value is -3.01. The lowest BCUT2D eigenvalue weighted by molar-refractivity contribution is -0.116. The first-order valence-corrected chi connectivity index (χ1v) is 10.9. The molecule has 0 aliphatic heterocycles. The molecule has 31 heavy (non-hydrogen) atoms. The summed E-state index contributed by atoms with van der Waals surface area (Å²) in [6.45, 7) is 13.1. The third-order valence-corrected chi connectivity index (χ3v) is 5.71. The maximum atomic E-state index is 12.4. The highest BCUT2D eigenvalue weighted by molar-refractivity contribution is 6.02. The zero-order valence-electron chi connectivity index (χ0n) is 19.7. The summed E-state index contributed by atoms with van der Waals surface area (Å²) >= 11 is 0. The van der Waals surface area contributed by atoms with Gasteiger partial charge in [-0.05, 0) is 62.8 Å². The van der Waals surface area contributed by atoms with Crippen LogP contribution in [-0.4, -0.2) is 19.6 Å². The Balaban J connectivity index is 2.07. The van der Waals surface area contributed by atoms with Gasteiger partial charge in [0.05, 0.1) is 13.4 Å². The molecule has 2 aromatic carbocycles. The van der Waals surface area contributed by atoms with Crippen molar-refractivity contribution in [2.75, 3.05) is 13.7 Å². The molecule has 0 fully saturated rings. The predicted octanol–water partition coefficient (Wildman–Crippen LogP) is 6.60. The summed E-state index contributed by atoms with van der Waals surface area (Å²) in [4.78, 5) is 12.4. The van der Waals surface area contributed by atoms with Gasteiger partial charge >= 0.3 is 0 Å². The number of fused-ring (bicyclic) bond motifs is 1. The molecule has 0 saturated carbocycles. The van der Waals surface area contributed by atoms with Crippen LogP contribution in [0.5, 0.6) is 5.75 Å². The molecule has 0 radical (unpaired) electrons. The van der Waals surface area contributed by atoms with Crippen LogP contribution in [-0.2, 0) is 4.79 Å². The lowest BCUT2D eigenvalue weighted by Crippen LogP contribution is -2.23. The largest absolute Gasteiger partial charge is 0.496 e. The summed E-state index contributed by atoms with van der Waals surface area (Å²) in [6.07, 6.45) is 4.43. The quantitative estimate of drug-likeness (QED) is 0.439. The third kappa shape index (κ3) is 4.84. The molecule has 1 aromatic heterocycles. The average Bonchev–Trinajstić information content (AvgIpc) is 3.11. The number of methoxy groups -OCH3 is 1. The minimum atomic E-state index is -0.0836. The van der Waals surface area contributed by atoms with Gasteiger partial charge in [0.25, 0.3) is 0 Å². The fourth-order valence-electron chi connectivity index (χ4n) is 4.01.